The van der Waals surface area contributed by atoms with Gasteiger partial charge in [0, 0.05) is 11.7 Å². The van der Waals surface area contributed by atoms with Gasteiger partial charge >= 0.3 is 5.97 Å². The highest BCUT2D eigenvalue weighted by Gasteiger charge is 2.42. The van der Waals surface area contributed by atoms with Crippen molar-refractivity contribution in [3.05, 3.63) is 30.3 Å². The molecule has 0 aromatic heterocycles. The minimum absolute atomic E-state index is 0.0751. The summed E-state index contributed by atoms with van der Waals surface area (Å²) in [7, 11) is 0. The van der Waals surface area contributed by atoms with E-state index in [4.69, 9.17) is 5.11 Å². The number of nitrogens with zero attached hydrogens (tertiary/aromatic N) is 1. The maximum atomic E-state index is 12.3. The Morgan fingerprint density at radius 1 is 1.09 bits per heavy atom. The number of carboxylic acid groups (broad SMARTS) is 1. The molecule has 22 heavy (non-hydrogen) atoms. The van der Waals surface area contributed by atoms with Crippen LogP contribution in [0.15, 0.2) is 30.3 Å². The van der Waals surface area contributed by atoms with Crippen molar-refractivity contribution in [2.45, 2.75) is 31.7 Å². The molecule has 1 aromatic carbocycles. The number of hydrogen-bond donors (Lipinski definition) is 2. The molecule has 0 unspecified atom stereocenters. The van der Waals surface area contributed by atoms with Gasteiger partial charge in [-0.05, 0) is 49.7 Å². The van der Waals surface area contributed by atoms with Crippen LogP contribution in [0.1, 0.15) is 25.7 Å². The second-order valence-corrected chi connectivity index (χ2v) is 6.35. The lowest BCUT2D eigenvalue weighted by molar-refractivity contribution is -0.135. The second kappa shape index (κ2) is 6.38. The molecule has 0 bridgehead atoms. The van der Waals surface area contributed by atoms with Gasteiger partial charge in [-0.15, -0.1) is 0 Å². The molecule has 1 aromatic rings. The lowest BCUT2D eigenvalue weighted by Crippen LogP contribution is -2.45. The molecule has 0 atom stereocenters. The number of benzene rings is 1. The van der Waals surface area contributed by atoms with Crippen LogP contribution in [0.4, 0.5) is 5.69 Å². The Morgan fingerprint density at radius 3 is 2.18 bits per heavy atom. The molecule has 2 fully saturated rings. The maximum Gasteiger partial charge on any atom is 0.323 e. The monoisotopic (exact) mass is 302 g/mol. The fourth-order valence-corrected chi connectivity index (χ4v) is 2.98. The number of aliphatic carboxylic acids is 1. The minimum atomic E-state index is -0.933. The summed E-state index contributed by atoms with van der Waals surface area (Å²) in [6, 6.07) is 9.53. The first-order chi connectivity index (χ1) is 10.6. The third-order valence-electron chi connectivity index (χ3n) is 4.37. The number of rotatable bonds is 8. The largest absolute Gasteiger partial charge is 0.480 e. The van der Waals surface area contributed by atoms with E-state index in [2.05, 4.69) is 5.32 Å². The summed E-state index contributed by atoms with van der Waals surface area (Å²) in [6.07, 6.45) is 4.83. The van der Waals surface area contributed by atoms with Gasteiger partial charge in [-0.3, -0.25) is 9.59 Å². The SMILES string of the molecule is O=C(O)CN(CC(=O)NC(C1CC1)C1CC1)c1ccccc1. The molecule has 2 saturated carbocycles. The average molecular weight is 302 g/mol. The van der Waals surface area contributed by atoms with Crippen LogP contribution in [0.2, 0.25) is 0 Å². The molecule has 0 saturated heterocycles. The molecule has 0 spiro atoms. The van der Waals surface area contributed by atoms with E-state index in [9.17, 15) is 9.59 Å². The van der Waals surface area contributed by atoms with Crippen molar-refractivity contribution in [1.29, 1.82) is 0 Å². The maximum absolute atomic E-state index is 12.3. The molecule has 5 nitrogen and oxygen atoms in total. The third-order valence-corrected chi connectivity index (χ3v) is 4.37. The van der Waals surface area contributed by atoms with Gasteiger partial charge in [0.15, 0.2) is 0 Å². The van der Waals surface area contributed by atoms with Crippen molar-refractivity contribution in [3.8, 4) is 0 Å². The summed E-state index contributed by atoms with van der Waals surface area (Å²) < 4.78 is 0. The van der Waals surface area contributed by atoms with E-state index in [1.54, 1.807) is 4.90 Å². The quantitative estimate of drug-likeness (QED) is 0.769. The molecule has 2 aliphatic carbocycles. The second-order valence-electron chi connectivity index (χ2n) is 6.35. The molecule has 0 heterocycles. The van der Waals surface area contributed by atoms with E-state index < -0.39 is 5.97 Å². The fraction of sp³-hybridized carbons (Fsp3) is 0.529. The number of carboxylic acids is 1. The van der Waals surface area contributed by atoms with Crippen molar-refractivity contribution >= 4 is 17.6 Å². The van der Waals surface area contributed by atoms with E-state index in [0.717, 1.165) is 5.69 Å². The Labute approximate surface area is 130 Å². The molecule has 3 rings (SSSR count). The van der Waals surface area contributed by atoms with Crippen LogP contribution < -0.4 is 10.2 Å². The highest BCUT2D eigenvalue weighted by atomic mass is 16.4. The predicted molar refractivity (Wildman–Crippen MR) is 83.7 cm³/mol. The van der Waals surface area contributed by atoms with Gasteiger partial charge in [0.25, 0.3) is 0 Å². The van der Waals surface area contributed by atoms with Crippen molar-refractivity contribution in [3.63, 3.8) is 0 Å². The Hall–Kier alpha value is -2.04. The van der Waals surface area contributed by atoms with E-state index in [0.29, 0.717) is 17.9 Å². The van der Waals surface area contributed by atoms with Gasteiger partial charge in [0.2, 0.25) is 5.91 Å². The number of amides is 1. The van der Waals surface area contributed by atoms with Crippen LogP contribution in [-0.4, -0.2) is 36.1 Å². The van der Waals surface area contributed by atoms with Crippen LogP contribution in [0.3, 0.4) is 0 Å². The summed E-state index contributed by atoms with van der Waals surface area (Å²) >= 11 is 0. The summed E-state index contributed by atoms with van der Waals surface area (Å²) in [6.45, 7) is -0.0821. The molecule has 2 N–H and O–H groups in total. The lowest BCUT2D eigenvalue weighted by atomic mass is 10.1. The molecule has 1 amide bonds. The number of hydrogen-bond acceptors (Lipinski definition) is 3. The van der Waals surface area contributed by atoms with Crippen molar-refractivity contribution < 1.29 is 14.7 Å². The zero-order valence-corrected chi connectivity index (χ0v) is 12.6. The summed E-state index contributed by atoms with van der Waals surface area (Å²) in [5, 5.41) is 12.2. The minimum Gasteiger partial charge on any atom is -0.480 e. The smallest absolute Gasteiger partial charge is 0.323 e. The molecule has 0 radical (unpaired) electrons. The Bertz CT molecular complexity index is 526. The zero-order valence-electron chi connectivity index (χ0n) is 12.6. The van der Waals surface area contributed by atoms with E-state index in [1.165, 1.54) is 25.7 Å². The van der Waals surface area contributed by atoms with E-state index >= 15 is 0 Å². The molecule has 5 heteroatoms. The van der Waals surface area contributed by atoms with Crippen molar-refractivity contribution in [2.24, 2.45) is 11.8 Å². The molecule has 0 aliphatic heterocycles. The predicted octanol–water partition coefficient (Wildman–Crippen LogP) is 1.88. The van der Waals surface area contributed by atoms with Crippen molar-refractivity contribution in [2.75, 3.05) is 18.0 Å². The standard InChI is InChI=1S/C17H22N2O3/c20-15(18-17(12-6-7-12)13-8-9-13)10-19(11-16(21)22)14-4-2-1-3-5-14/h1-5,12-13,17H,6-11H2,(H,18,20)(H,21,22). The number of para-hydroxylation sites is 1. The van der Waals surface area contributed by atoms with Crippen LogP contribution in [0, 0.1) is 11.8 Å². The molecule has 118 valence electrons. The number of carbonyl (C=O) groups is 2. The van der Waals surface area contributed by atoms with E-state index in [-0.39, 0.29) is 19.0 Å². The Kier molecular flexibility index (Phi) is 4.32. The third kappa shape index (κ3) is 4.00. The van der Waals surface area contributed by atoms with Crippen molar-refractivity contribution in [1.82, 2.24) is 5.32 Å². The number of nitrogens with one attached hydrogen (secondary N) is 1. The Balaban J connectivity index is 1.61. The van der Waals surface area contributed by atoms with Gasteiger partial charge < -0.3 is 15.3 Å². The highest BCUT2D eigenvalue weighted by Crippen LogP contribution is 2.44. The summed E-state index contributed by atoms with van der Waals surface area (Å²) in [5.41, 5.74) is 0.759. The molecule has 2 aliphatic rings. The summed E-state index contributed by atoms with van der Waals surface area (Å²) in [5.74, 6) is 0.272. The topological polar surface area (TPSA) is 69.6 Å². The first kappa shape index (κ1) is 14.9. The first-order valence-electron chi connectivity index (χ1n) is 7.94. The van der Waals surface area contributed by atoms with Gasteiger partial charge in [-0.2, -0.15) is 0 Å². The van der Waals surface area contributed by atoms with Gasteiger partial charge in [-0.1, -0.05) is 18.2 Å². The molecular weight excluding hydrogens is 280 g/mol. The molecular formula is C17H22N2O3. The van der Waals surface area contributed by atoms with Crippen LogP contribution in [0.5, 0.6) is 0 Å². The van der Waals surface area contributed by atoms with E-state index in [1.807, 2.05) is 30.3 Å². The number of anilines is 1. The van der Waals surface area contributed by atoms with Crippen LogP contribution >= 0.6 is 0 Å². The van der Waals surface area contributed by atoms with Crippen LogP contribution in [-0.2, 0) is 9.59 Å². The first-order valence-corrected chi connectivity index (χ1v) is 7.94. The van der Waals surface area contributed by atoms with Gasteiger partial charge in [0.1, 0.15) is 6.54 Å². The fourth-order valence-electron chi connectivity index (χ4n) is 2.98. The zero-order chi connectivity index (χ0) is 15.5. The summed E-state index contributed by atoms with van der Waals surface area (Å²) in [4.78, 5) is 25.0. The normalized spacial score (nSPS) is 17.3. The Morgan fingerprint density at radius 2 is 1.68 bits per heavy atom. The average Bonchev–Trinajstić information content (AvgIpc) is 3.38. The van der Waals surface area contributed by atoms with Gasteiger partial charge in [0.05, 0.1) is 6.54 Å². The van der Waals surface area contributed by atoms with Gasteiger partial charge in [-0.25, -0.2) is 0 Å². The lowest BCUT2D eigenvalue weighted by Gasteiger charge is -2.24. The highest BCUT2D eigenvalue weighted by molar-refractivity contribution is 5.84. The number of carbonyl (C=O) groups excluding carboxylic acids is 1. The van der Waals surface area contributed by atoms with Crippen LogP contribution in [0.25, 0.3) is 0 Å².